The third kappa shape index (κ3) is 2.61. The Morgan fingerprint density at radius 2 is 1.25 bits per heavy atom. The van der Waals surface area contributed by atoms with Gasteiger partial charge in [0.2, 0.25) is 0 Å². The molecule has 0 nitrogen and oxygen atoms in total. The Bertz CT molecular complexity index is 686. The van der Waals surface area contributed by atoms with Gasteiger partial charge < -0.3 is 0 Å². The molecule has 0 unspecified atom stereocenters. The topological polar surface area (TPSA) is 0 Å². The molecule has 10 heteroatoms. The van der Waals surface area contributed by atoms with Crippen LogP contribution >= 0.6 is 0 Å². The number of hydrogen-bond acceptors (Lipinski definition) is 0. The van der Waals surface area contributed by atoms with Crippen LogP contribution in [0, 0.1) is 0 Å². The molecule has 0 N–H and O–H groups in total. The van der Waals surface area contributed by atoms with Crippen molar-refractivity contribution < 1.29 is 0 Å². The molecule has 0 spiro atoms. The molecule has 0 amide bonds. The summed E-state index contributed by atoms with van der Waals surface area (Å²) in [5.74, 6) is 0. The Balaban J connectivity index is 2.27. The average molecular weight is 298 g/mol. The Morgan fingerprint density at radius 3 is 1.62 bits per heavy atom. The van der Waals surface area contributed by atoms with Crippen LogP contribution in [0.15, 0.2) is 48.5 Å². The molecule has 1 aliphatic rings. The van der Waals surface area contributed by atoms with Crippen LogP contribution in [-0.2, 0) is 5.31 Å². The molecule has 0 heterocycles. The second-order valence-corrected chi connectivity index (χ2v) is 8.38. The van der Waals surface area contributed by atoms with E-state index in [2.05, 4.69) is 94.1 Å². The highest BCUT2D eigenvalue weighted by atomic mass is 14.3. The number of hydrogen-bond donors (Lipinski definition) is 0. The fraction of sp³-hybridized carbons (Fsp3) is 0.143. The van der Waals surface area contributed by atoms with Crippen LogP contribution in [0.3, 0.4) is 0 Å². The highest BCUT2D eigenvalue weighted by molar-refractivity contribution is 7.95. The summed E-state index contributed by atoms with van der Waals surface area (Å²) < 4.78 is 0. The third-order valence-corrected chi connectivity index (χ3v) is 6.44. The monoisotopic (exact) mass is 300 g/mol. The van der Waals surface area contributed by atoms with E-state index >= 15 is 0 Å². The zero-order chi connectivity index (χ0) is 17.5. The summed E-state index contributed by atoms with van der Waals surface area (Å²) in [6, 6.07) is 18.2. The molecular weight excluding hydrogens is 276 g/mol. The molecule has 2 aromatic rings. The van der Waals surface area contributed by atoms with Gasteiger partial charge in [0.05, 0.1) is 45.2 Å². The van der Waals surface area contributed by atoms with E-state index in [1.807, 2.05) is 0 Å². The highest BCUT2D eigenvalue weighted by Gasteiger charge is 2.50. The standard InChI is InChI=1S/C14H22B10/c1-14(21(22(16)17)24(20-15)23(18)19)12-8-4-2-6-10(12)11-7-3-5-9-13(11)14/h2-9,20H,15-19H2,1H3. The summed E-state index contributed by atoms with van der Waals surface area (Å²) in [6.07, 6.45) is 2.09. The summed E-state index contributed by atoms with van der Waals surface area (Å²) in [4.78, 5) is 0. The second kappa shape index (κ2) is 6.77. The van der Waals surface area contributed by atoms with Crippen LogP contribution < -0.4 is 0 Å². The molecule has 0 atom stereocenters. The van der Waals surface area contributed by atoms with Crippen molar-refractivity contribution in [2.45, 2.75) is 12.2 Å². The van der Waals surface area contributed by atoms with Crippen molar-refractivity contribution >= 4 is 71.4 Å². The molecular formula is C14H22B10. The van der Waals surface area contributed by atoms with E-state index in [0.29, 0.717) is 19.3 Å². The van der Waals surface area contributed by atoms with Gasteiger partial charge in [-0.2, -0.15) is 0 Å². The van der Waals surface area contributed by atoms with Gasteiger partial charge in [0.15, 0.2) is 0 Å². The van der Waals surface area contributed by atoms with Gasteiger partial charge in [-0.25, -0.2) is 0 Å². The summed E-state index contributed by atoms with van der Waals surface area (Å²) in [5, 5.41) is 0.103. The van der Waals surface area contributed by atoms with Crippen molar-refractivity contribution in [3.8, 4) is 11.1 Å². The van der Waals surface area contributed by atoms with Crippen molar-refractivity contribution in [2.75, 3.05) is 0 Å². The van der Waals surface area contributed by atoms with Gasteiger partial charge in [0.1, 0.15) is 0 Å². The first-order valence-corrected chi connectivity index (χ1v) is 9.62. The van der Waals surface area contributed by atoms with Crippen LogP contribution in [-0.4, -0.2) is 71.4 Å². The minimum Gasteiger partial charge on any atom is -0.0619 e. The lowest BCUT2D eigenvalue weighted by molar-refractivity contribution is 0.839. The first-order valence-electron chi connectivity index (χ1n) is 9.62. The van der Waals surface area contributed by atoms with Crippen LogP contribution in [0.2, 0.25) is 0 Å². The predicted octanol–water partition coefficient (Wildman–Crippen LogP) is -3.27. The maximum Gasteiger partial charge on any atom is 0.0658 e. The molecule has 1 aliphatic carbocycles. The van der Waals surface area contributed by atoms with E-state index in [1.165, 1.54) is 29.3 Å². The predicted molar refractivity (Wildman–Crippen MR) is 131 cm³/mol. The molecule has 108 valence electrons. The lowest BCUT2D eigenvalue weighted by Gasteiger charge is -2.42. The Labute approximate surface area is 154 Å². The van der Waals surface area contributed by atoms with Gasteiger partial charge >= 0.3 is 0 Å². The second-order valence-electron chi connectivity index (χ2n) is 8.38. The van der Waals surface area contributed by atoms with E-state index in [9.17, 15) is 0 Å². The smallest absolute Gasteiger partial charge is 0.0619 e. The van der Waals surface area contributed by atoms with E-state index in [-0.39, 0.29) is 5.31 Å². The van der Waals surface area contributed by atoms with Crippen LogP contribution in [0.1, 0.15) is 18.1 Å². The molecule has 0 fully saturated rings. The molecule has 0 aliphatic heterocycles. The van der Waals surface area contributed by atoms with Crippen molar-refractivity contribution in [1.29, 1.82) is 0 Å². The fourth-order valence-corrected chi connectivity index (χ4v) is 5.58. The largest absolute Gasteiger partial charge is 0.0658 e. The molecule has 24 heavy (non-hydrogen) atoms. The lowest BCUT2D eigenvalue weighted by atomic mass is 8.58. The van der Waals surface area contributed by atoms with Crippen LogP contribution in [0.5, 0.6) is 0 Å². The number of fused-ring (bicyclic) bond motifs is 3. The van der Waals surface area contributed by atoms with Gasteiger partial charge in [0.25, 0.3) is 0 Å². The first kappa shape index (κ1) is 17.9. The fourth-order valence-electron chi connectivity index (χ4n) is 5.58. The Kier molecular flexibility index (Phi) is 5.05. The summed E-state index contributed by atoms with van der Waals surface area (Å²) in [5.41, 5.74) is 5.95. The maximum atomic E-state index is 2.51. The molecule has 0 aromatic heterocycles. The molecule has 2 aromatic carbocycles. The summed E-state index contributed by atoms with van der Waals surface area (Å²) in [7, 11) is 13.3. The quantitative estimate of drug-likeness (QED) is 0.508. The third-order valence-electron chi connectivity index (χ3n) is 6.44. The van der Waals surface area contributed by atoms with Gasteiger partial charge in [-0.15, -0.1) is 0 Å². The van der Waals surface area contributed by atoms with E-state index in [4.69, 9.17) is 0 Å². The maximum absolute atomic E-state index is 2.51. The zero-order valence-electron chi connectivity index (χ0n) is 16.1. The van der Waals surface area contributed by atoms with Crippen molar-refractivity contribution in [2.24, 2.45) is 0 Å². The number of rotatable bonds is 5. The zero-order valence-corrected chi connectivity index (χ0v) is 16.1. The van der Waals surface area contributed by atoms with Gasteiger partial charge in [0, 0.05) is 26.2 Å². The minimum absolute atomic E-state index is 0.103. The minimum atomic E-state index is 0.103. The van der Waals surface area contributed by atoms with E-state index in [1.54, 1.807) is 0 Å². The van der Waals surface area contributed by atoms with Crippen LogP contribution in [0.4, 0.5) is 0 Å². The van der Waals surface area contributed by atoms with Crippen molar-refractivity contribution in [1.82, 2.24) is 0 Å². The van der Waals surface area contributed by atoms with Gasteiger partial charge in [-0.3, -0.25) is 0 Å². The van der Waals surface area contributed by atoms with Crippen molar-refractivity contribution in [3.63, 3.8) is 0 Å². The van der Waals surface area contributed by atoms with E-state index in [0.717, 1.165) is 6.39 Å². The van der Waals surface area contributed by atoms with Gasteiger partial charge in [-0.1, -0.05) is 55.5 Å². The lowest BCUT2D eigenvalue weighted by Crippen LogP contribution is -2.69. The normalized spacial score (nSPS) is 13.5. The summed E-state index contributed by atoms with van der Waals surface area (Å²) in [6.45, 7) is 3.15. The van der Waals surface area contributed by atoms with Crippen LogP contribution in [0.25, 0.3) is 11.1 Å². The average Bonchev–Trinajstić information content (AvgIpc) is 2.83. The Morgan fingerprint density at radius 1 is 0.792 bits per heavy atom. The Hall–Kier alpha value is -0.911. The summed E-state index contributed by atoms with van der Waals surface area (Å²) >= 11 is 0. The molecule has 0 saturated carbocycles. The van der Waals surface area contributed by atoms with E-state index < -0.39 is 0 Å². The highest BCUT2D eigenvalue weighted by Crippen LogP contribution is 2.50. The van der Waals surface area contributed by atoms with Gasteiger partial charge in [-0.05, 0) is 27.6 Å². The first-order chi connectivity index (χ1) is 11.4. The van der Waals surface area contributed by atoms with Crippen molar-refractivity contribution in [3.05, 3.63) is 59.7 Å². The molecule has 0 radical (unpaired) electrons. The number of benzene rings is 2. The molecule has 3 rings (SSSR count). The molecule has 0 bridgehead atoms. The SMILES string of the molecule is BBB(B(B)B)B(B(B)B)C1(C)c2ccccc2-c2ccccc21. The molecule has 0 saturated heterocycles.